The summed E-state index contributed by atoms with van der Waals surface area (Å²) in [5.41, 5.74) is 6.67. The summed E-state index contributed by atoms with van der Waals surface area (Å²) >= 11 is 0. The van der Waals surface area contributed by atoms with E-state index in [4.69, 9.17) is 0 Å². The average molecular weight is 492 g/mol. The van der Waals surface area contributed by atoms with E-state index in [0.29, 0.717) is 34.7 Å². The van der Waals surface area contributed by atoms with Crippen LogP contribution in [0.25, 0.3) is 55.7 Å². The highest BCUT2D eigenvalue weighted by molar-refractivity contribution is 6.00. The number of amides is 1. The highest BCUT2D eigenvalue weighted by Gasteiger charge is 2.16. The third kappa shape index (κ3) is 4.31. The zero-order valence-corrected chi connectivity index (χ0v) is 19.9. The predicted octanol–water partition coefficient (Wildman–Crippen LogP) is 6.11. The van der Waals surface area contributed by atoms with Gasteiger partial charge in [0.25, 0.3) is 0 Å². The number of aromatic amines is 2. The molecule has 0 aliphatic heterocycles. The first-order chi connectivity index (χ1) is 18.1. The molecule has 0 saturated carbocycles. The lowest BCUT2D eigenvalue weighted by Crippen LogP contribution is -2.10. The van der Waals surface area contributed by atoms with Crippen LogP contribution in [0.3, 0.4) is 0 Å². The van der Waals surface area contributed by atoms with E-state index in [0.717, 1.165) is 39.5 Å². The van der Waals surface area contributed by atoms with E-state index in [1.807, 2.05) is 37.3 Å². The number of H-pyrrole nitrogens is 2. The molecule has 8 nitrogen and oxygen atoms in total. The fraction of sp³-hybridized carbons (Fsp3) is 0.107. The van der Waals surface area contributed by atoms with Gasteiger partial charge in [0.05, 0.1) is 23.3 Å². The van der Waals surface area contributed by atoms with Crippen LogP contribution < -0.4 is 5.32 Å². The van der Waals surface area contributed by atoms with Gasteiger partial charge < -0.3 is 10.3 Å². The molecule has 5 heterocycles. The lowest BCUT2D eigenvalue weighted by atomic mass is 10.1. The number of nitrogens with one attached hydrogen (secondary N) is 3. The number of pyridine rings is 3. The lowest BCUT2D eigenvalue weighted by molar-refractivity contribution is -0.116. The number of aromatic nitrogens is 6. The van der Waals surface area contributed by atoms with Crippen LogP contribution >= 0.6 is 0 Å². The molecule has 6 rings (SSSR count). The summed E-state index contributed by atoms with van der Waals surface area (Å²) in [5.74, 6) is -0.356. The molecule has 5 aromatic heterocycles. The SMILES string of the molecule is CCCC(=O)Nc1cncc(-c2cnc3[nH]nc(-c4cc5c(-c6cccc(F)c6)nccc5[nH]4)c3c2)c1. The van der Waals surface area contributed by atoms with Crippen LogP contribution in [0.1, 0.15) is 19.8 Å². The Hall–Kier alpha value is -4.92. The van der Waals surface area contributed by atoms with Crippen molar-refractivity contribution < 1.29 is 9.18 Å². The molecule has 0 bridgehead atoms. The predicted molar refractivity (Wildman–Crippen MR) is 141 cm³/mol. The first-order valence-corrected chi connectivity index (χ1v) is 11.9. The fourth-order valence-electron chi connectivity index (χ4n) is 4.43. The summed E-state index contributed by atoms with van der Waals surface area (Å²) in [6, 6.07) is 14.1. The van der Waals surface area contributed by atoms with Crippen molar-refractivity contribution in [1.29, 1.82) is 0 Å². The molecule has 9 heteroatoms. The maximum atomic E-state index is 13.9. The molecule has 0 spiro atoms. The molecule has 1 aromatic carbocycles. The standard InChI is InChI=1S/C28H22FN7O/c1-2-4-25(37)33-20-10-17(13-30-15-20)18-11-22-27(35-36-28(22)32-14-18)24-12-21-23(34-24)7-8-31-26(21)16-5-3-6-19(29)9-16/h3,5-15,34H,2,4H2,1H3,(H,33,37)(H,32,35,36). The summed E-state index contributed by atoms with van der Waals surface area (Å²) in [5, 5.41) is 12.1. The number of halogens is 1. The molecule has 0 aliphatic rings. The highest BCUT2D eigenvalue weighted by Crippen LogP contribution is 2.34. The topological polar surface area (TPSA) is 112 Å². The minimum absolute atomic E-state index is 0.0435. The number of carbonyl (C=O) groups excluding carboxylic acids is 1. The number of nitrogens with zero attached hydrogens (tertiary/aromatic N) is 4. The second-order valence-corrected chi connectivity index (χ2v) is 8.77. The number of benzene rings is 1. The van der Waals surface area contributed by atoms with Crippen LogP contribution in [-0.4, -0.2) is 36.0 Å². The van der Waals surface area contributed by atoms with Crippen LogP contribution in [0, 0.1) is 5.82 Å². The molecule has 37 heavy (non-hydrogen) atoms. The van der Waals surface area contributed by atoms with Gasteiger partial charge in [-0.25, -0.2) is 9.37 Å². The zero-order chi connectivity index (χ0) is 25.4. The molecular weight excluding hydrogens is 469 g/mol. The number of hydrogen-bond donors (Lipinski definition) is 3. The summed E-state index contributed by atoms with van der Waals surface area (Å²) in [4.78, 5) is 28.8. The van der Waals surface area contributed by atoms with Crippen molar-refractivity contribution in [3.8, 4) is 33.8 Å². The number of carbonyl (C=O) groups is 1. The van der Waals surface area contributed by atoms with E-state index < -0.39 is 0 Å². The number of rotatable bonds is 6. The third-order valence-corrected chi connectivity index (χ3v) is 6.15. The van der Waals surface area contributed by atoms with Crippen molar-refractivity contribution in [3.05, 3.63) is 79.1 Å². The van der Waals surface area contributed by atoms with Gasteiger partial charge in [-0.05, 0) is 42.8 Å². The molecule has 0 aliphatic carbocycles. The maximum Gasteiger partial charge on any atom is 0.224 e. The van der Waals surface area contributed by atoms with Crippen molar-refractivity contribution in [1.82, 2.24) is 30.1 Å². The van der Waals surface area contributed by atoms with Crippen molar-refractivity contribution >= 4 is 33.5 Å². The lowest BCUT2D eigenvalue weighted by Gasteiger charge is -2.07. The van der Waals surface area contributed by atoms with Gasteiger partial charge in [-0.15, -0.1) is 0 Å². The van der Waals surface area contributed by atoms with Crippen LogP contribution in [0.4, 0.5) is 10.1 Å². The molecular formula is C28H22FN7O. The van der Waals surface area contributed by atoms with E-state index >= 15 is 0 Å². The average Bonchev–Trinajstić information content (AvgIpc) is 3.52. The molecule has 0 atom stereocenters. The summed E-state index contributed by atoms with van der Waals surface area (Å²) in [6.07, 6.45) is 8.03. The monoisotopic (exact) mass is 491 g/mol. The van der Waals surface area contributed by atoms with E-state index in [1.165, 1.54) is 12.1 Å². The Labute approximate surface area is 211 Å². The minimum Gasteiger partial charge on any atom is -0.353 e. The van der Waals surface area contributed by atoms with Crippen molar-refractivity contribution in [2.45, 2.75) is 19.8 Å². The molecule has 182 valence electrons. The van der Waals surface area contributed by atoms with E-state index in [1.54, 1.807) is 30.9 Å². The molecule has 0 radical (unpaired) electrons. The van der Waals surface area contributed by atoms with Crippen LogP contribution in [0.2, 0.25) is 0 Å². The van der Waals surface area contributed by atoms with E-state index in [2.05, 4.69) is 35.5 Å². The summed E-state index contributed by atoms with van der Waals surface area (Å²) in [7, 11) is 0. The van der Waals surface area contributed by atoms with Crippen molar-refractivity contribution in [2.24, 2.45) is 0 Å². The Morgan fingerprint density at radius 1 is 0.946 bits per heavy atom. The Morgan fingerprint density at radius 2 is 1.84 bits per heavy atom. The van der Waals surface area contributed by atoms with Gasteiger partial charge in [-0.2, -0.15) is 5.10 Å². The molecule has 3 N–H and O–H groups in total. The first-order valence-electron chi connectivity index (χ1n) is 11.9. The fourth-order valence-corrected chi connectivity index (χ4v) is 4.43. The number of anilines is 1. The van der Waals surface area contributed by atoms with Crippen molar-refractivity contribution in [2.75, 3.05) is 5.32 Å². The third-order valence-electron chi connectivity index (χ3n) is 6.15. The van der Waals surface area contributed by atoms with Crippen LogP contribution in [-0.2, 0) is 4.79 Å². The number of hydrogen-bond acceptors (Lipinski definition) is 5. The van der Waals surface area contributed by atoms with E-state index in [-0.39, 0.29) is 11.7 Å². The minimum atomic E-state index is -0.313. The molecule has 0 unspecified atom stereocenters. The quantitative estimate of drug-likeness (QED) is 0.260. The Balaban J connectivity index is 1.40. The van der Waals surface area contributed by atoms with Gasteiger partial charge in [0.2, 0.25) is 5.91 Å². The number of fused-ring (bicyclic) bond motifs is 2. The van der Waals surface area contributed by atoms with Crippen LogP contribution in [0.15, 0.2) is 73.3 Å². The van der Waals surface area contributed by atoms with Gasteiger partial charge in [-0.3, -0.25) is 19.9 Å². The smallest absolute Gasteiger partial charge is 0.224 e. The molecule has 1 amide bonds. The molecule has 0 saturated heterocycles. The largest absolute Gasteiger partial charge is 0.353 e. The Morgan fingerprint density at radius 3 is 2.70 bits per heavy atom. The van der Waals surface area contributed by atoms with Gasteiger partial charge in [-0.1, -0.05) is 19.1 Å². The second kappa shape index (κ2) is 9.27. The highest BCUT2D eigenvalue weighted by atomic mass is 19.1. The normalized spacial score (nSPS) is 11.3. The van der Waals surface area contributed by atoms with Gasteiger partial charge in [0, 0.05) is 58.0 Å². The Bertz CT molecular complexity index is 1770. The Kier molecular flexibility index (Phi) is 5.65. The van der Waals surface area contributed by atoms with Crippen molar-refractivity contribution in [3.63, 3.8) is 0 Å². The summed E-state index contributed by atoms with van der Waals surface area (Å²) in [6.45, 7) is 1.96. The molecule has 0 fully saturated rings. The van der Waals surface area contributed by atoms with Crippen LogP contribution in [0.5, 0.6) is 0 Å². The van der Waals surface area contributed by atoms with Gasteiger partial charge in [0.1, 0.15) is 11.5 Å². The van der Waals surface area contributed by atoms with E-state index in [9.17, 15) is 9.18 Å². The zero-order valence-electron chi connectivity index (χ0n) is 19.9. The second-order valence-electron chi connectivity index (χ2n) is 8.77. The first kappa shape index (κ1) is 22.5. The molecule has 6 aromatic rings. The van der Waals surface area contributed by atoms with Gasteiger partial charge >= 0.3 is 0 Å². The maximum absolute atomic E-state index is 13.9. The summed E-state index contributed by atoms with van der Waals surface area (Å²) < 4.78 is 13.9. The van der Waals surface area contributed by atoms with Gasteiger partial charge in [0.15, 0.2) is 5.65 Å².